The van der Waals surface area contributed by atoms with E-state index in [2.05, 4.69) is 0 Å². The molecule has 0 heterocycles. The minimum Gasteiger partial charge on any atom is -0.478 e. The molecule has 0 unspecified atom stereocenters. The van der Waals surface area contributed by atoms with Crippen LogP contribution in [0.4, 0.5) is 13.2 Å². The van der Waals surface area contributed by atoms with Crippen LogP contribution < -0.4 is 4.74 Å². The van der Waals surface area contributed by atoms with E-state index < -0.39 is 29.2 Å². The van der Waals surface area contributed by atoms with Crippen LogP contribution in [0.5, 0.6) is 11.5 Å². The number of aliphatic carboxylic acids is 1. The van der Waals surface area contributed by atoms with Gasteiger partial charge in [-0.05, 0) is 35.9 Å². The Morgan fingerprint density at radius 2 is 1.76 bits per heavy atom. The first-order chi connectivity index (χ1) is 9.95. The molecule has 0 aliphatic rings. The lowest BCUT2D eigenvalue weighted by molar-refractivity contribution is -0.131. The van der Waals surface area contributed by atoms with E-state index in [4.69, 9.17) is 9.84 Å². The van der Waals surface area contributed by atoms with Crippen molar-refractivity contribution in [1.82, 2.24) is 0 Å². The van der Waals surface area contributed by atoms with Gasteiger partial charge in [-0.3, -0.25) is 0 Å². The summed E-state index contributed by atoms with van der Waals surface area (Å²) in [6, 6.07) is 6.66. The van der Waals surface area contributed by atoms with Gasteiger partial charge in [0.1, 0.15) is 11.6 Å². The highest BCUT2D eigenvalue weighted by molar-refractivity contribution is 5.85. The zero-order valence-corrected chi connectivity index (χ0v) is 10.5. The molecule has 0 saturated carbocycles. The van der Waals surface area contributed by atoms with Crippen LogP contribution in [0.1, 0.15) is 5.56 Å². The fourth-order valence-electron chi connectivity index (χ4n) is 1.59. The number of ether oxygens (including phenoxy) is 1. The fraction of sp³-hybridized carbons (Fsp3) is 0. The molecule has 0 aromatic heterocycles. The number of carboxylic acids is 1. The van der Waals surface area contributed by atoms with Gasteiger partial charge in [-0.15, -0.1) is 0 Å². The van der Waals surface area contributed by atoms with Gasteiger partial charge in [-0.25, -0.2) is 18.0 Å². The summed E-state index contributed by atoms with van der Waals surface area (Å²) in [5.41, 5.74) is 0.0268. The molecule has 0 amide bonds. The Hall–Kier alpha value is -2.76. The third-order valence-corrected chi connectivity index (χ3v) is 2.45. The maximum absolute atomic E-state index is 13.8. The van der Waals surface area contributed by atoms with Crippen molar-refractivity contribution in [3.05, 3.63) is 65.5 Å². The van der Waals surface area contributed by atoms with Crippen LogP contribution in [-0.4, -0.2) is 11.1 Å². The number of hydrogen-bond donors (Lipinski definition) is 1. The van der Waals surface area contributed by atoms with E-state index in [-0.39, 0.29) is 11.3 Å². The number of carboxylic acid groups (broad SMARTS) is 1. The topological polar surface area (TPSA) is 46.5 Å². The highest BCUT2D eigenvalue weighted by Gasteiger charge is 2.13. The summed E-state index contributed by atoms with van der Waals surface area (Å²) in [5.74, 6) is -4.63. The molecule has 1 N–H and O–H groups in total. The minimum atomic E-state index is -1.24. The van der Waals surface area contributed by atoms with Gasteiger partial charge in [0.15, 0.2) is 17.4 Å². The average molecular weight is 294 g/mol. The monoisotopic (exact) mass is 294 g/mol. The molecule has 0 aliphatic heterocycles. The number of carbonyl (C=O) groups is 1. The van der Waals surface area contributed by atoms with Crippen molar-refractivity contribution in [2.75, 3.05) is 0 Å². The average Bonchev–Trinajstić information content (AvgIpc) is 2.40. The van der Waals surface area contributed by atoms with E-state index in [0.29, 0.717) is 0 Å². The van der Waals surface area contributed by atoms with Crippen LogP contribution in [0.3, 0.4) is 0 Å². The Morgan fingerprint density at radius 1 is 1.10 bits per heavy atom. The first kappa shape index (κ1) is 14.6. The van der Waals surface area contributed by atoms with Gasteiger partial charge in [0, 0.05) is 12.1 Å². The zero-order valence-electron chi connectivity index (χ0n) is 10.5. The number of hydrogen-bond acceptors (Lipinski definition) is 2. The molecule has 2 aromatic rings. The van der Waals surface area contributed by atoms with Gasteiger partial charge < -0.3 is 9.84 Å². The van der Waals surface area contributed by atoms with E-state index in [1.807, 2.05) is 0 Å². The number of rotatable bonds is 4. The molecule has 0 aliphatic carbocycles. The van der Waals surface area contributed by atoms with Crippen LogP contribution in [0, 0.1) is 17.5 Å². The summed E-state index contributed by atoms with van der Waals surface area (Å²) in [5, 5.41) is 8.45. The predicted octanol–water partition coefficient (Wildman–Crippen LogP) is 3.99. The van der Waals surface area contributed by atoms with E-state index in [0.717, 1.165) is 30.4 Å². The van der Waals surface area contributed by atoms with Gasteiger partial charge in [0.2, 0.25) is 0 Å². The van der Waals surface area contributed by atoms with Gasteiger partial charge in [0.25, 0.3) is 0 Å². The van der Waals surface area contributed by atoms with Crippen LogP contribution in [0.15, 0.2) is 42.5 Å². The molecule has 2 rings (SSSR count). The Kier molecular flexibility index (Phi) is 4.27. The Balaban J connectivity index is 2.31. The molecule has 0 fully saturated rings. The van der Waals surface area contributed by atoms with Crippen LogP contribution in [-0.2, 0) is 4.79 Å². The van der Waals surface area contributed by atoms with Gasteiger partial charge in [0.05, 0.1) is 0 Å². The molecule has 0 spiro atoms. The van der Waals surface area contributed by atoms with Crippen molar-refractivity contribution in [1.29, 1.82) is 0 Å². The largest absolute Gasteiger partial charge is 0.478 e. The van der Waals surface area contributed by atoms with Crippen molar-refractivity contribution < 1.29 is 27.8 Å². The SMILES string of the molecule is O=C(O)C=Cc1cc(F)c(Oc2cccc(F)c2)c(F)c1. The molecular weight excluding hydrogens is 285 g/mol. The summed E-state index contributed by atoms with van der Waals surface area (Å²) < 4.78 is 45.5. The first-order valence-electron chi connectivity index (χ1n) is 5.79. The quantitative estimate of drug-likeness (QED) is 0.867. The lowest BCUT2D eigenvalue weighted by Crippen LogP contribution is -1.94. The smallest absolute Gasteiger partial charge is 0.328 e. The maximum atomic E-state index is 13.8. The second-order valence-electron chi connectivity index (χ2n) is 4.04. The maximum Gasteiger partial charge on any atom is 0.328 e. The zero-order chi connectivity index (χ0) is 15.4. The van der Waals surface area contributed by atoms with Gasteiger partial charge in [-0.2, -0.15) is 0 Å². The summed E-state index contributed by atoms with van der Waals surface area (Å²) >= 11 is 0. The molecule has 3 nitrogen and oxygen atoms in total. The molecule has 2 aromatic carbocycles. The van der Waals surface area contributed by atoms with Crippen LogP contribution in [0.25, 0.3) is 6.08 Å². The summed E-state index contributed by atoms with van der Waals surface area (Å²) in [7, 11) is 0. The van der Waals surface area contributed by atoms with Gasteiger partial charge >= 0.3 is 5.97 Å². The summed E-state index contributed by atoms with van der Waals surface area (Å²) in [4.78, 5) is 10.3. The molecule has 0 saturated heterocycles. The number of benzene rings is 2. The van der Waals surface area contributed by atoms with Crippen molar-refractivity contribution in [2.45, 2.75) is 0 Å². The van der Waals surface area contributed by atoms with Gasteiger partial charge in [-0.1, -0.05) is 6.07 Å². The second-order valence-corrected chi connectivity index (χ2v) is 4.04. The predicted molar refractivity (Wildman–Crippen MR) is 69.5 cm³/mol. The van der Waals surface area contributed by atoms with Crippen molar-refractivity contribution >= 4 is 12.0 Å². The van der Waals surface area contributed by atoms with E-state index in [1.54, 1.807) is 0 Å². The lowest BCUT2D eigenvalue weighted by Gasteiger charge is -2.08. The van der Waals surface area contributed by atoms with Crippen molar-refractivity contribution in [3.8, 4) is 11.5 Å². The molecule has 108 valence electrons. The Morgan fingerprint density at radius 3 is 2.33 bits per heavy atom. The second kappa shape index (κ2) is 6.13. The molecule has 0 bridgehead atoms. The molecular formula is C15H9F3O3. The Labute approximate surface area is 117 Å². The normalized spacial score (nSPS) is 10.8. The van der Waals surface area contributed by atoms with E-state index >= 15 is 0 Å². The highest BCUT2D eigenvalue weighted by atomic mass is 19.1. The van der Waals surface area contributed by atoms with Crippen molar-refractivity contribution in [2.24, 2.45) is 0 Å². The lowest BCUT2D eigenvalue weighted by atomic mass is 10.2. The number of halogens is 3. The molecule has 21 heavy (non-hydrogen) atoms. The highest BCUT2D eigenvalue weighted by Crippen LogP contribution is 2.29. The first-order valence-corrected chi connectivity index (χ1v) is 5.79. The van der Waals surface area contributed by atoms with Crippen molar-refractivity contribution in [3.63, 3.8) is 0 Å². The fourth-order valence-corrected chi connectivity index (χ4v) is 1.59. The third kappa shape index (κ3) is 3.85. The van der Waals surface area contributed by atoms with E-state index in [9.17, 15) is 18.0 Å². The molecule has 0 atom stereocenters. The third-order valence-electron chi connectivity index (χ3n) is 2.45. The Bertz CT molecular complexity index is 688. The van der Waals surface area contributed by atoms with Crippen LogP contribution in [0.2, 0.25) is 0 Å². The summed E-state index contributed by atoms with van der Waals surface area (Å²) in [6.07, 6.45) is 1.79. The standard InChI is InChI=1S/C15H9F3O3/c16-10-2-1-3-11(8-10)21-15-12(17)6-9(7-13(15)18)4-5-14(19)20/h1-8H,(H,19,20). The molecule has 6 heteroatoms. The van der Waals surface area contributed by atoms with Crippen LogP contribution >= 0.6 is 0 Å². The summed E-state index contributed by atoms with van der Waals surface area (Å²) in [6.45, 7) is 0. The minimum absolute atomic E-state index is 0.0268. The molecule has 0 radical (unpaired) electrons. The van der Waals surface area contributed by atoms with E-state index in [1.165, 1.54) is 18.2 Å².